The fourth-order valence-electron chi connectivity index (χ4n) is 3.60. The maximum absolute atomic E-state index is 12.7. The van der Waals surface area contributed by atoms with E-state index < -0.39 is 0 Å². The van der Waals surface area contributed by atoms with Crippen LogP contribution in [0.25, 0.3) is 0 Å². The third-order valence-corrected chi connectivity index (χ3v) is 4.90. The normalized spacial score (nSPS) is 21.6. The number of carbonyl (C=O) groups is 1. The summed E-state index contributed by atoms with van der Waals surface area (Å²) in [4.78, 5) is 17.0. The number of fused-ring (bicyclic) bond motifs is 2. The summed E-state index contributed by atoms with van der Waals surface area (Å²) in [6.07, 6.45) is 6.32. The topological polar surface area (TPSA) is 65.4 Å². The van der Waals surface area contributed by atoms with Gasteiger partial charge in [0, 0.05) is 31.4 Å². The van der Waals surface area contributed by atoms with Crippen molar-refractivity contribution in [3.8, 4) is 11.5 Å². The Kier molecular flexibility index (Phi) is 4.34. The Morgan fingerprint density at radius 3 is 3.28 bits per heavy atom. The molecule has 1 aromatic heterocycles. The lowest BCUT2D eigenvalue weighted by atomic mass is 9.95. The SMILES string of the molecule is CCOc1ccc2c(c1)C[C@@H](C(=O)N[C@H]1CCc3nccn3C1)CO2. The monoisotopic (exact) mass is 341 g/mol. The van der Waals surface area contributed by atoms with Crippen molar-refractivity contribution in [2.75, 3.05) is 13.2 Å². The van der Waals surface area contributed by atoms with E-state index in [2.05, 4.69) is 14.9 Å². The van der Waals surface area contributed by atoms with Gasteiger partial charge in [0.25, 0.3) is 0 Å². The lowest BCUT2D eigenvalue weighted by Gasteiger charge is -2.29. The van der Waals surface area contributed by atoms with Crippen molar-refractivity contribution in [1.82, 2.24) is 14.9 Å². The van der Waals surface area contributed by atoms with Crippen molar-refractivity contribution in [1.29, 1.82) is 0 Å². The van der Waals surface area contributed by atoms with Crippen LogP contribution in [0.3, 0.4) is 0 Å². The van der Waals surface area contributed by atoms with Crippen LogP contribution in [0.4, 0.5) is 0 Å². The lowest BCUT2D eigenvalue weighted by molar-refractivity contribution is -0.127. The summed E-state index contributed by atoms with van der Waals surface area (Å²) in [5.41, 5.74) is 1.04. The molecule has 0 spiro atoms. The molecule has 1 aromatic carbocycles. The second kappa shape index (κ2) is 6.78. The number of rotatable bonds is 4. The first-order valence-electron chi connectivity index (χ1n) is 8.92. The van der Waals surface area contributed by atoms with Gasteiger partial charge in [-0.05, 0) is 43.5 Å². The summed E-state index contributed by atoms with van der Waals surface area (Å²) in [5.74, 6) is 2.69. The Hall–Kier alpha value is -2.50. The second-order valence-electron chi connectivity index (χ2n) is 6.65. The summed E-state index contributed by atoms with van der Waals surface area (Å²) in [6, 6.07) is 5.98. The average molecular weight is 341 g/mol. The molecule has 3 heterocycles. The van der Waals surface area contributed by atoms with E-state index in [1.165, 1.54) is 0 Å². The largest absolute Gasteiger partial charge is 0.494 e. The van der Waals surface area contributed by atoms with Crippen LogP contribution in [0.2, 0.25) is 0 Å². The third-order valence-electron chi connectivity index (χ3n) is 4.90. The highest BCUT2D eigenvalue weighted by atomic mass is 16.5. The fraction of sp³-hybridized carbons (Fsp3) is 0.474. The van der Waals surface area contributed by atoms with Gasteiger partial charge in [0.1, 0.15) is 23.9 Å². The molecule has 0 fully saturated rings. The molecule has 132 valence electrons. The number of hydrogen-bond acceptors (Lipinski definition) is 4. The number of nitrogens with zero attached hydrogens (tertiary/aromatic N) is 2. The Labute approximate surface area is 147 Å². The molecular formula is C19H23N3O3. The number of carbonyl (C=O) groups excluding carboxylic acids is 1. The number of amides is 1. The van der Waals surface area contributed by atoms with Crippen molar-refractivity contribution in [2.24, 2.45) is 5.92 Å². The average Bonchev–Trinajstić information content (AvgIpc) is 3.09. The molecule has 2 atom stereocenters. The molecule has 25 heavy (non-hydrogen) atoms. The molecule has 1 amide bonds. The number of imidazole rings is 1. The van der Waals surface area contributed by atoms with Gasteiger partial charge in [-0.2, -0.15) is 0 Å². The molecule has 0 unspecified atom stereocenters. The van der Waals surface area contributed by atoms with Gasteiger partial charge in [-0.15, -0.1) is 0 Å². The predicted molar refractivity (Wildman–Crippen MR) is 92.8 cm³/mol. The van der Waals surface area contributed by atoms with Crippen LogP contribution in [-0.4, -0.2) is 34.7 Å². The van der Waals surface area contributed by atoms with E-state index in [-0.39, 0.29) is 17.9 Å². The first kappa shape index (κ1) is 16.0. The van der Waals surface area contributed by atoms with Crippen LogP contribution in [0, 0.1) is 5.92 Å². The predicted octanol–water partition coefficient (Wildman–Crippen LogP) is 1.96. The highest BCUT2D eigenvalue weighted by Gasteiger charge is 2.29. The van der Waals surface area contributed by atoms with E-state index in [1.54, 1.807) is 0 Å². The van der Waals surface area contributed by atoms with Gasteiger partial charge in [0.2, 0.25) is 5.91 Å². The first-order chi connectivity index (χ1) is 12.2. The van der Waals surface area contributed by atoms with Crippen molar-refractivity contribution in [3.63, 3.8) is 0 Å². The maximum atomic E-state index is 12.7. The number of aromatic nitrogens is 2. The van der Waals surface area contributed by atoms with Crippen LogP contribution in [0.5, 0.6) is 11.5 Å². The molecule has 2 aliphatic rings. The molecule has 0 radical (unpaired) electrons. The van der Waals surface area contributed by atoms with Crippen molar-refractivity contribution in [3.05, 3.63) is 42.0 Å². The van der Waals surface area contributed by atoms with Gasteiger partial charge in [-0.1, -0.05) is 0 Å². The fourth-order valence-corrected chi connectivity index (χ4v) is 3.60. The zero-order valence-electron chi connectivity index (χ0n) is 14.4. The molecule has 0 aliphatic carbocycles. The molecular weight excluding hydrogens is 318 g/mol. The number of nitrogens with one attached hydrogen (secondary N) is 1. The van der Waals surface area contributed by atoms with E-state index >= 15 is 0 Å². The van der Waals surface area contributed by atoms with Crippen molar-refractivity contribution >= 4 is 5.91 Å². The molecule has 2 aromatic rings. The van der Waals surface area contributed by atoms with E-state index in [9.17, 15) is 4.79 Å². The van der Waals surface area contributed by atoms with Crippen molar-refractivity contribution in [2.45, 2.75) is 38.8 Å². The molecule has 0 bridgehead atoms. The molecule has 6 nitrogen and oxygen atoms in total. The van der Waals surface area contributed by atoms with Crippen LogP contribution in [-0.2, 0) is 24.2 Å². The number of benzene rings is 1. The van der Waals surface area contributed by atoms with Gasteiger partial charge < -0.3 is 19.4 Å². The zero-order valence-corrected chi connectivity index (χ0v) is 14.4. The van der Waals surface area contributed by atoms with E-state index in [4.69, 9.17) is 9.47 Å². The zero-order chi connectivity index (χ0) is 17.2. The molecule has 1 N–H and O–H groups in total. The minimum absolute atomic E-state index is 0.0704. The summed E-state index contributed by atoms with van der Waals surface area (Å²) >= 11 is 0. The van der Waals surface area contributed by atoms with Crippen molar-refractivity contribution < 1.29 is 14.3 Å². The molecule has 0 saturated carbocycles. The van der Waals surface area contributed by atoms with Crippen LogP contribution in [0.1, 0.15) is 24.7 Å². The quantitative estimate of drug-likeness (QED) is 0.923. The highest BCUT2D eigenvalue weighted by Crippen LogP contribution is 2.31. The Bertz CT molecular complexity index is 771. The van der Waals surface area contributed by atoms with Crippen LogP contribution < -0.4 is 14.8 Å². The van der Waals surface area contributed by atoms with E-state index in [0.29, 0.717) is 19.6 Å². The lowest BCUT2D eigenvalue weighted by Crippen LogP contribution is -2.46. The molecule has 2 aliphatic heterocycles. The van der Waals surface area contributed by atoms with Gasteiger partial charge in [0.15, 0.2) is 0 Å². The minimum Gasteiger partial charge on any atom is -0.494 e. The molecule has 0 saturated heterocycles. The summed E-state index contributed by atoms with van der Waals surface area (Å²) in [7, 11) is 0. The summed E-state index contributed by atoms with van der Waals surface area (Å²) < 4.78 is 13.5. The van der Waals surface area contributed by atoms with Gasteiger partial charge in [-0.3, -0.25) is 4.79 Å². The Morgan fingerprint density at radius 1 is 1.48 bits per heavy atom. The van der Waals surface area contributed by atoms with E-state index in [0.717, 1.165) is 42.3 Å². The summed E-state index contributed by atoms with van der Waals surface area (Å²) in [5, 5.41) is 3.19. The number of ether oxygens (including phenoxy) is 2. The van der Waals surface area contributed by atoms with Crippen LogP contribution in [0.15, 0.2) is 30.6 Å². The third kappa shape index (κ3) is 3.34. The summed E-state index contributed by atoms with van der Waals surface area (Å²) in [6.45, 7) is 3.80. The standard InChI is InChI=1S/C19H23N3O3/c1-2-24-16-4-5-17-13(10-16)9-14(12-25-17)19(23)21-15-3-6-18-20-7-8-22(18)11-15/h4-5,7-8,10,14-15H,2-3,6,9,11-12H2,1H3,(H,21,23)/t14-,15+/m1/s1. The Balaban J connectivity index is 1.39. The number of aryl methyl sites for hydroxylation is 1. The number of hydrogen-bond donors (Lipinski definition) is 1. The smallest absolute Gasteiger partial charge is 0.227 e. The van der Waals surface area contributed by atoms with E-state index in [1.807, 2.05) is 37.5 Å². The Morgan fingerprint density at radius 2 is 2.40 bits per heavy atom. The van der Waals surface area contributed by atoms with Gasteiger partial charge >= 0.3 is 0 Å². The van der Waals surface area contributed by atoms with Gasteiger partial charge in [0.05, 0.1) is 12.5 Å². The molecule has 6 heteroatoms. The minimum atomic E-state index is -0.159. The highest BCUT2D eigenvalue weighted by molar-refractivity contribution is 5.80. The second-order valence-corrected chi connectivity index (χ2v) is 6.65. The molecule has 4 rings (SSSR count). The first-order valence-corrected chi connectivity index (χ1v) is 8.92. The van der Waals surface area contributed by atoms with Crippen LogP contribution >= 0.6 is 0 Å². The maximum Gasteiger partial charge on any atom is 0.227 e. The van der Waals surface area contributed by atoms with Gasteiger partial charge in [-0.25, -0.2) is 4.98 Å².